The summed E-state index contributed by atoms with van der Waals surface area (Å²) in [5, 5.41) is 2.47. The van der Waals surface area contributed by atoms with Gasteiger partial charge in [0.25, 0.3) is 0 Å². The lowest BCUT2D eigenvalue weighted by Gasteiger charge is -2.19. The van der Waals surface area contributed by atoms with Gasteiger partial charge in [0.1, 0.15) is 12.6 Å². The van der Waals surface area contributed by atoms with Crippen LogP contribution in [0.25, 0.3) is 0 Å². The molecule has 21 heavy (non-hydrogen) atoms. The average molecular weight is 305 g/mol. The van der Waals surface area contributed by atoms with E-state index >= 15 is 0 Å². The largest absolute Gasteiger partial charge is 0.469 e. The number of methoxy groups -OCH3 is 3. The first kappa shape index (κ1) is 19.3. The predicted octanol–water partition coefficient (Wildman–Crippen LogP) is -0.494. The highest BCUT2D eigenvalue weighted by Gasteiger charge is 2.27. The van der Waals surface area contributed by atoms with Gasteiger partial charge in [-0.25, -0.2) is 4.79 Å². The Balaban J connectivity index is 4.39. The molecule has 0 radical (unpaired) electrons. The smallest absolute Gasteiger partial charge is 0.328 e. The molecule has 0 aliphatic rings. The van der Waals surface area contributed by atoms with Gasteiger partial charge in [0.15, 0.2) is 0 Å². The van der Waals surface area contributed by atoms with E-state index in [0.717, 1.165) is 0 Å². The topological polar surface area (TPSA) is 100 Å². The Hall–Kier alpha value is -1.67. The first-order valence-corrected chi connectivity index (χ1v) is 6.47. The maximum Gasteiger partial charge on any atom is 0.328 e. The molecule has 0 heterocycles. The zero-order valence-corrected chi connectivity index (χ0v) is 12.8. The second-order valence-electron chi connectivity index (χ2n) is 4.35. The van der Waals surface area contributed by atoms with Gasteiger partial charge in [-0.1, -0.05) is 6.92 Å². The van der Waals surface area contributed by atoms with E-state index in [1.54, 1.807) is 6.92 Å². The maximum atomic E-state index is 11.7. The van der Waals surface area contributed by atoms with Crippen LogP contribution in [-0.2, 0) is 33.3 Å². The van der Waals surface area contributed by atoms with E-state index in [4.69, 9.17) is 9.47 Å². The summed E-state index contributed by atoms with van der Waals surface area (Å²) in [5.41, 5.74) is 0. The zero-order chi connectivity index (χ0) is 16.3. The third-order valence-corrected chi connectivity index (χ3v) is 2.68. The highest BCUT2D eigenvalue weighted by Crippen LogP contribution is 2.09. The summed E-state index contributed by atoms with van der Waals surface area (Å²) < 4.78 is 19.0. The SMILES string of the molecule is COCCOCC(=O)N[C@@H](C[C@H](C)C(=O)OC)C(=O)OC. The van der Waals surface area contributed by atoms with Crippen LogP contribution in [0.4, 0.5) is 0 Å². The number of hydrogen-bond acceptors (Lipinski definition) is 7. The molecule has 8 nitrogen and oxygen atoms in total. The standard InChI is InChI=1S/C13H23NO7/c1-9(12(16)19-3)7-10(13(17)20-4)14-11(15)8-21-6-5-18-2/h9-10H,5-8H2,1-4H3,(H,14,15)/t9-,10-/m0/s1. The quantitative estimate of drug-likeness (QED) is 0.429. The first-order valence-electron chi connectivity index (χ1n) is 6.47. The summed E-state index contributed by atoms with van der Waals surface area (Å²) in [6.07, 6.45) is 0.0865. The van der Waals surface area contributed by atoms with Gasteiger partial charge in [0.05, 0.1) is 33.4 Å². The fourth-order valence-electron chi connectivity index (χ4n) is 1.55. The van der Waals surface area contributed by atoms with E-state index in [9.17, 15) is 14.4 Å². The number of ether oxygens (including phenoxy) is 4. The Bertz CT molecular complexity index is 345. The van der Waals surface area contributed by atoms with Crippen LogP contribution in [0.2, 0.25) is 0 Å². The summed E-state index contributed by atoms with van der Waals surface area (Å²) >= 11 is 0. The van der Waals surface area contributed by atoms with E-state index < -0.39 is 29.8 Å². The van der Waals surface area contributed by atoms with E-state index in [-0.39, 0.29) is 19.6 Å². The Morgan fingerprint density at radius 1 is 1.00 bits per heavy atom. The number of carbonyl (C=O) groups is 3. The van der Waals surface area contributed by atoms with Crippen molar-refractivity contribution in [3.05, 3.63) is 0 Å². The fraction of sp³-hybridized carbons (Fsp3) is 0.769. The molecule has 0 bridgehead atoms. The van der Waals surface area contributed by atoms with Crippen molar-refractivity contribution in [3.63, 3.8) is 0 Å². The van der Waals surface area contributed by atoms with Crippen LogP contribution in [0.15, 0.2) is 0 Å². The Morgan fingerprint density at radius 2 is 1.62 bits per heavy atom. The van der Waals surface area contributed by atoms with Crippen LogP contribution in [0.5, 0.6) is 0 Å². The van der Waals surface area contributed by atoms with Gasteiger partial charge in [0, 0.05) is 7.11 Å². The molecular weight excluding hydrogens is 282 g/mol. The van der Waals surface area contributed by atoms with Gasteiger partial charge < -0.3 is 24.3 Å². The minimum absolute atomic E-state index is 0.0865. The Morgan fingerprint density at radius 3 is 2.14 bits per heavy atom. The van der Waals surface area contributed by atoms with Crippen LogP contribution in [0, 0.1) is 5.92 Å². The molecule has 122 valence electrons. The molecule has 0 saturated carbocycles. The van der Waals surface area contributed by atoms with E-state index in [0.29, 0.717) is 6.61 Å². The van der Waals surface area contributed by atoms with Crippen LogP contribution < -0.4 is 5.32 Å². The summed E-state index contributed by atoms with van der Waals surface area (Å²) in [7, 11) is 3.98. The van der Waals surface area contributed by atoms with Crippen molar-refractivity contribution in [3.8, 4) is 0 Å². The molecule has 0 aromatic carbocycles. The molecule has 8 heteroatoms. The number of carbonyl (C=O) groups excluding carboxylic acids is 3. The van der Waals surface area contributed by atoms with Crippen LogP contribution in [-0.4, -0.2) is 65.0 Å². The lowest BCUT2D eigenvalue weighted by Crippen LogP contribution is -2.44. The zero-order valence-electron chi connectivity index (χ0n) is 12.8. The Kier molecular flexibility index (Phi) is 10.2. The minimum Gasteiger partial charge on any atom is -0.469 e. The van der Waals surface area contributed by atoms with E-state index in [2.05, 4.69) is 14.8 Å². The Labute approximate surface area is 124 Å². The molecule has 1 amide bonds. The molecule has 0 rings (SSSR count). The number of amides is 1. The normalized spacial score (nSPS) is 13.1. The van der Waals surface area contributed by atoms with Gasteiger partial charge in [-0.2, -0.15) is 0 Å². The second-order valence-corrected chi connectivity index (χ2v) is 4.35. The molecule has 0 unspecified atom stereocenters. The molecule has 0 saturated heterocycles. The van der Waals surface area contributed by atoms with Crippen LogP contribution in [0.1, 0.15) is 13.3 Å². The molecule has 0 fully saturated rings. The van der Waals surface area contributed by atoms with Gasteiger partial charge in [-0.15, -0.1) is 0 Å². The molecule has 0 aromatic rings. The van der Waals surface area contributed by atoms with Crippen molar-refractivity contribution in [1.82, 2.24) is 5.32 Å². The molecule has 1 N–H and O–H groups in total. The van der Waals surface area contributed by atoms with Gasteiger partial charge >= 0.3 is 11.9 Å². The van der Waals surface area contributed by atoms with Crippen LogP contribution in [0.3, 0.4) is 0 Å². The van der Waals surface area contributed by atoms with Gasteiger partial charge in [0.2, 0.25) is 5.91 Å². The number of rotatable bonds is 10. The summed E-state index contributed by atoms with van der Waals surface area (Å²) in [4.78, 5) is 34.6. The number of hydrogen-bond donors (Lipinski definition) is 1. The lowest BCUT2D eigenvalue weighted by molar-refractivity contribution is -0.149. The van der Waals surface area contributed by atoms with E-state index in [1.807, 2.05) is 0 Å². The van der Waals surface area contributed by atoms with Crippen molar-refractivity contribution in [2.45, 2.75) is 19.4 Å². The van der Waals surface area contributed by atoms with Crippen molar-refractivity contribution < 1.29 is 33.3 Å². The molecule has 2 atom stereocenters. The van der Waals surface area contributed by atoms with Gasteiger partial charge in [-0.05, 0) is 6.42 Å². The lowest BCUT2D eigenvalue weighted by atomic mass is 10.0. The summed E-state index contributed by atoms with van der Waals surface area (Å²) in [6, 6.07) is -0.928. The number of nitrogens with one attached hydrogen (secondary N) is 1. The van der Waals surface area contributed by atoms with Gasteiger partial charge in [-0.3, -0.25) is 9.59 Å². The average Bonchev–Trinajstić information content (AvgIpc) is 2.49. The molecule has 0 aliphatic heterocycles. The van der Waals surface area contributed by atoms with E-state index in [1.165, 1.54) is 21.3 Å². The van der Waals surface area contributed by atoms with Crippen molar-refractivity contribution in [2.75, 3.05) is 41.2 Å². The monoisotopic (exact) mass is 305 g/mol. The minimum atomic E-state index is -0.928. The fourth-order valence-corrected chi connectivity index (χ4v) is 1.55. The third-order valence-electron chi connectivity index (χ3n) is 2.68. The summed E-state index contributed by atoms with van der Waals surface area (Å²) in [6.45, 7) is 2.03. The van der Waals surface area contributed by atoms with Crippen molar-refractivity contribution >= 4 is 17.8 Å². The molecule has 0 aromatic heterocycles. The van der Waals surface area contributed by atoms with Crippen molar-refractivity contribution in [1.29, 1.82) is 0 Å². The van der Waals surface area contributed by atoms with Crippen molar-refractivity contribution in [2.24, 2.45) is 5.92 Å². The maximum absolute atomic E-state index is 11.7. The predicted molar refractivity (Wildman–Crippen MR) is 72.4 cm³/mol. The summed E-state index contributed by atoms with van der Waals surface area (Å²) in [5.74, 6) is -2.11. The molecular formula is C13H23NO7. The first-order chi connectivity index (χ1) is 9.96. The second kappa shape index (κ2) is 11.0. The third kappa shape index (κ3) is 8.26. The highest BCUT2D eigenvalue weighted by molar-refractivity contribution is 5.85. The molecule has 0 spiro atoms. The van der Waals surface area contributed by atoms with Crippen LogP contribution >= 0.6 is 0 Å². The molecule has 0 aliphatic carbocycles. The number of esters is 2. The highest BCUT2D eigenvalue weighted by atomic mass is 16.5.